The summed E-state index contributed by atoms with van der Waals surface area (Å²) in [6.07, 6.45) is 6.70. The molecule has 0 bridgehead atoms. The fourth-order valence-electron chi connectivity index (χ4n) is 2.04. The minimum Gasteiger partial charge on any atom is -0.333 e. The number of H-pyrrole nitrogens is 1. The van der Waals surface area contributed by atoms with Crippen molar-refractivity contribution in [3.63, 3.8) is 0 Å². The van der Waals surface area contributed by atoms with Crippen molar-refractivity contribution in [3.8, 4) is 0 Å². The van der Waals surface area contributed by atoms with E-state index in [9.17, 15) is 0 Å². The molecule has 0 atom stereocenters. The number of rotatable bonds is 7. The Balaban J connectivity index is 1.81. The maximum Gasteiger partial charge on any atom is 0.166 e. The molecule has 3 heteroatoms. The Kier molecular flexibility index (Phi) is 5.12. The topological polar surface area (TPSA) is 28.7 Å². The summed E-state index contributed by atoms with van der Waals surface area (Å²) in [7, 11) is 0. The van der Waals surface area contributed by atoms with Crippen molar-refractivity contribution < 1.29 is 0 Å². The molecule has 1 heterocycles. The van der Waals surface area contributed by atoms with Gasteiger partial charge in [0.1, 0.15) is 0 Å². The summed E-state index contributed by atoms with van der Waals surface area (Å²) in [6.45, 7) is 4.37. The number of imidazole rings is 1. The molecule has 0 saturated carbocycles. The van der Waals surface area contributed by atoms with Gasteiger partial charge in [0.05, 0.1) is 11.0 Å². The number of thioether (sulfide) groups is 1. The number of aryl methyl sites for hydroxylation is 1. The first-order valence-electron chi connectivity index (χ1n) is 6.89. The third kappa shape index (κ3) is 3.77. The van der Waals surface area contributed by atoms with Gasteiger partial charge in [-0.25, -0.2) is 4.98 Å². The van der Waals surface area contributed by atoms with Crippen LogP contribution in [0.2, 0.25) is 0 Å². The van der Waals surface area contributed by atoms with Crippen LogP contribution in [-0.4, -0.2) is 15.7 Å². The lowest BCUT2D eigenvalue weighted by Gasteiger charge is -1.98. The molecule has 0 aliphatic rings. The van der Waals surface area contributed by atoms with Crippen LogP contribution in [0.4, 0.5) is 0 Å². The SMILES string of the molecule is CCCCCCCSc1nc2ccc(C)cc2[nH]1. The molecule has 98 valence electrons. The van der Waals surface area contributed by atoms with Gasteiger partial charge in [0.25, 0.3) is 0 Å². The Labute approximate surface area is 114 Å². The monoisotopic (exact) mass is 262 g/mol. The van der Waals surface area contributed by atoms with Gasteiger partial charge in [0, 0.05) is 5.75 Å². The summed E-state index contributed by atoms with van der Waals surface area (Å²) < 4.78 is 0. The third-order valence-corrected chi connectivity index (χ3v) is 4.06. The zero-order valence-electron chi connectivity index (χ0n) is 11.3. The van der Waals surface area contributed by atoms with Crippen molar-refractivity contribution in [2.75, 3.05) is 5.75 Å². The number of aromatic nitrogens is 2. The van der Waals surface area contributed by atoms with Gasteiger partial charge in [-0.1, -0.05) is 50.4 Å². The number of aromatic amines is 1. The molecule has 2 aromatic rings. The summed E-state index contributed by atoms with van der Waals surface area (Å²) in [5.74, 6) is 1.17. The van der Waals surface area contributed by atoms with E-state index in [0.717, 1.165) is 16.2 Å². The van der Waals surface area contributed by atoms with Gasteiger partial charge in [-0.05, 0) is 31.0 Å². The molecule has 0 spiro atoms. The number of nitrogens with zero attached hydrogens (tertiary/aromatic N) is 1. The van der Waals surface area contributed by atoms with E-state index in [1.807, 2.05) is 11.8 Å². The highest BCUT2D eigenvalue weighted by molar-refractivity contribution is 7.99. The standard InChI is InChI=1S/C15H22N2S/c1-3-4-5-6-7-10-18-15-16-13-9-8-12(2)11-14(13)17-15/h8-9,11H,3-7,10H2,1-2H3,(H,16,17). The first-order valence-corrected chi connectivity index (χ1v) is 7.87. The fraction of sp³-hybridized carbons (Fsp3) is 0.533. The maximum atomic E-state index is 4.60. The number of benzene rings is 1. The smallest absolute Gasteiger partial charge is 0.166 e. The van der Waals surface area contributed by atoms with Crippen molar-refractivity contribution in [3.05, 3.63) is 23.8 Å². The molecule has 0 aliphatic heterocycles. The molecule has 0 saturated heterocycles. The zero-order valence-corrected chi connectivity index (χ0v) is 12.1. The van der Waals surface area contributed by atoms with Crippen LogP contribution in [0.3, 0.4) is 0 Å². The molecule has 1 aromatic heterocycles. The molecular formula is C15H22N2S. The van der Waals surface area contributed by atoms with E-state index in [0.29, 0.717) is 0 Å². The van der Waals surface area contributed by atoms with Gasteiger partial charge in [-0.3, -0.25) is 0 Å². The fourth-order valence-corrected chi connectivity index (χ4v) is 2.93. The number of fused-ring (bicyclic) bond motifs is 1. The predicted octanol–water partition coefficient (Wildman–Crippen LogP) is 4.93. The van der Waals surface area contributed by atoms with Crippen LogP contribution in [-0.2, 0) is 0 Å². The van der Waals surface area contributed by atoms with E-state index in [1.165, 1.54) is 43.4 Å². The van der Waals surface area contributed by atoms with Crippen LogP contribution in [0.5, 0.6) is 0 Å². The Morgan fingerprint density at radius 1 is 1.17 bits per heavy atom. The maximum absolute atomic E-state index is 4.60. The first-order chi connectivity index (χ1) is 8.79. The van der Waals surface area contributed by atoms with Crippen LogP contribution >= 0.6 is 11.8 Å². The molecule has 18 heavy (non-hydrogen) atoms. The van der Waals surface area contributed by atoms with Gasteiger partial charge >= 0.3 is 0 Å². The second-order valence-electron chi connectivity index (χ2n) is 4.83. The number of unbranched alkanes of at least 4 members (excludes halogenated alkanes) is 4. The molecule has 0 radical (unpaired) electrons. The molecular weight excluding hydrogens is 240 g/mol. The Morgan fingerprint density at radius 3 is 2.83 bits per heavy atom. The average Bonchev–Trinajstić information content (AvgIpc) is 2.75. The number of hydrogen-bond donors (Lipinski definition) is 1. The highest BCUT2D eigenvalue weighted by atomic mass is 32.2. The molecule has 0 unspecified atom stereocenters. The Hall–Kier alpha value is -0.960. The van der Waals surface area contributed by atoms with Crippen LogP contribution < -0.4 is 0 Å². The Morgan fingerprint density at radius 2 is 2.00 bits per heavy atom. The molecule has 0 fully saturated rings. The van der Waals surface area contributed by atoms with E-state index in [2.05, 4.69) is 42.0 Å². The van der Waals surface area contributed by atoms with Crippen LogP contribution in [0.25, 0.3) is 11.0 Å². The number of nitrogens with one attached hydrogen (secondary N) is 1. The van der Waals surface area contributed by atoms with Crippen molar-refractivity contribution in [2.45, 2.75) is 51.1 Å². The zero-order chi connectivity index (χ0) is 12.8. The number of hydrogen-bond acceptors (Lipinski definition) is 2. The molecule has 1 N–H and O–H groups in total. The Bertz CT molecular complexity index is 490. The summed E-state index contributed by atoms with van der Waals surface area (Å²) in [5, 5.41) is 1.06. The van der Waals surface area contributed by atoms with Gasteiger partial charge in [0.15, 0.2) is 5.16 Å². The van der Waals surface area contributed by atoms with Gasteiger partial charge in [-0.2, -0.15) is 0 Å². The molecule has 2 nitrogen and oxygen atoms in total. The van der Waals surface area contributed by atoms with E-state index >= 15 is 0 Å². The predicted molar refractivity (Wildman–Crippen MR) is 80.3 cm³/mol. The average molecular weight is 262 g/mol. The highest BCUT2D eigenvalue weighted by Crippen LogP contribution is 2.21. The van der Waals surface area contributed by atoms with Crippen molar-refractivity contribution in [1.29, 1.82) is 0 Å². The molecule has 2 rings (SSSR count). The van der Waals surface area contributed by atoms with Crippen molar-refractivity contribution >= 4 is 22.8 Å². The van der Waals surface area contributed by atoms with Gasteiger partial charge in [-0.15, -0.1) is 0 Å². The largest absolute Gasteiger partial charge is 0.333 e. The van der Waals surface area contributed by atoms with Crippen LogP contribution in [0, 0.1) is 6.92 Å². The lowest BCUT2D eigenvalue weighted by molar-refractivity contribution is 0.659. The minimum absolute atomic E-state index is 1.06. The van der Waals surface area contributed by atoms with Crippen molar-refractivity contribution in [1.82, 2.24) is 9.97 Å². The molecule has 0 amide bonds. The first kappa shape index (κ1) is 13.5. The molecule has 1 aromatic carbocycles. The summed E-state index contributed by atoms with van der Waals surface area (Å²) in [4.78, 5) is 7.99. The summed E-state index contributed by atoms with van der Waals surface area (Å²) in [6, 6.07) is 6.36. The lowest BCUT2D eigenvalue weighted by Crippen LogP contribution is -1.83. The minimum atomic E-state index is 1.06. The quantitative estimate of drug-likeness (QED) is 0.566. The second kappa shape index (κ2) is 6.83. The molecule has 0 aliphatic carbocycles. The summed E-state index contributed by atoms with van der Waals surface area (Å²) >= 11 is 1.84. The van der Waals surface area contributed by atoms with E-state index < -0.39 is 0 Å². The third-order valence-electron chi connectivity index (χ3n) is 3.10. The second-order valence-corrected chi connectivity index (χ2v) is 5.91. The van der Waals surface area contributed by atoms with Gasteiger partial charge in [0.2, 0.25) is 0 Å². The van der Waals surface area contributed by atoms with Crippen molar-refractivity contribution in [2.24, 2.45) is 0 Å². The highest BCUT2D eigenvalue weighted by Gasteiger charge is 2.02. The van der Waals surface area contributed by atoms with E-state index in [1.54, 1.807) is 0 Å². The van der Waals surface area contributed by atoms with E-state index in [-0.39, 0.29) is 0 Å². The lowest BCUT2D eigenvalue weighted by atomic mass is 10.2. The van der Waals surface area contributed by atoms with Crippen LogP contribution in [0.15, 0.2) is 23.4 Å². The van der Waals surface area contributed by atoms with Gasteiger partial charge < -0.3 is 4.98 Å². The van der Waals surface area contributed by atoms with Crippen LogP contribution in [0.1, 0.15) is 44.6 Å². The normalized spacial score (nSPS) is 11.2. The summed E-state index contributed by atoms with van der Waals surface area (Å²) in [5.41, 5.74) is 3.51. The van der Waals surface area contributed by atoms with E-state index in [4.69, 9.17) is 0 Å².